The van der Waals surface area contributed by atoms with Crippen molar-refractivity contribution in [3.05, 3.63) is 65.5 Å². The number of fused-ring (bicyclic) bond motifs is 1. The first-order valence-electron chi connectivity index (χ1n) is 6.53. The van der Waals surface area contributed by atoms with Gasteiger partial charge in [0.2, 0.25) is 0 Å². The second-order valence-corrected chi connectivity index (χ2v) is 5.03. The van der Waals surface area contributed by atoms with Crippen molar-refractivity contribution in [1.82, 2.24) is 15.0 Å². The topological polar surface area (TPSA) is 30.7 Å². The van der Waals surface area contributed by atoms with Crippen LogP contribution in [0.3, 0.4) is 0 Å². The first-order valence-corrected chi connectivity index (χ1v) is 7.06. The zero-order chi connectivity index (χ0) is 14.8. The Balaban J connectivity index is 2.24. The zero-order valence-corrected chi connectivity index (χ0v) is 12.2. The van der Waals surface area contributed by atoms with Crippen LogP contribution in [0.15, 0.2) is 54.1 Å². The average Bonchev–Trinajstić information content (AvgIpc) is 2.93. The summed E-state index contributed by atoms with van der Waals surface area (Å²) < 4.78 is 14.9. The van der Waals surface area contributed by atoms with Gasteiger partial charge in [0.1, 0.15) is 11.3 Å². The molecule has 0 spiro atoms. The van der Waals surface area contributed by atoms with E-state index in [0.29, 0.717) is 5.88 Å². The molecule has 21 heavy (non-hydrogen) atoms. The molecular weight excluding hydrogens is 289 g/mol. The Morgan fingerprint density at radius 2 is 1.86 bits per heavy atom. The van der Waals surface area contributed by atoms with Crippen molar-refractivity contribution in [2.45, 2.75) is 6.92 Å². The maximum Gasteiger partial charge on any atom is 0.123 e. The fourth-order valence-electron chi connectivity index (χ4n) is 2.25. The smallest absolute Gasteiger partial charge is 0.123 e. The molecule has 3 aromatic rings. The second kappa shape index (κ2) is 5.66. The lowest BCUT2D eigenvalue weighted by molar-refractivity contribution is 0.627. The molecular formula is C16H13ClFN3. The van der Waals surface area contributed by atoms with Gasteiger partial charge < -0.3 is 0 Å². The predicted octanol–water partition coefficient (Wildman–Crippen LogP) is 4.09. The van der Waals surface area contributed by atoms with Crippen molar-refractivity contribution in [2.75, 3.05) is 5.88 Å². The van der Waals surface area contributed by atoms with Gasteiger partial charge in [0, 0.05) is 11.4 Å². The third kappa shape index (κ3) is 2.54. The lowest BCUT2D eigenvalue weighted by Gasteiger charge is -2.12. The van der Waals surface area contributed by atoms with Gasteiger partial charge in [-0.25, -0.2) is 9.07 Å². The van der Waals surface area contributed by atoms with Gasteiger partial charge in [-0.05, 0) is 48.9 Å². The highest BCUT2D eigenvalue weighted by Gasteiger charge is 2.13. The summed E-state index contributed by atoms with van der Waals surface area (Å²) in [5.74, 6) is 0.0889. The van der Waals surface area contributed by atoms with Gasteiger partial charge in [-0.15, -0.1) is 16.7 Å². The third-order valence-corrected chi connectivity index (χ3v) is 3.69. The van der Waals surface area contributed by atoms with Gasteiger partial charge in [-0.1, -0.05) is 17.3 Å². The van der Waals surface area contributed by atoms with Crippen LogP contribution in [0.4, 0.5) is 4.39 Å². The Kier molecular flexibility index (Phi) is 3.71. The van der Waals surface area contributed by atoms with Crippen molar-refractivity contribution in [2.24, 2.45) is 0 Å². The number of alkyl halides is 1. The van der Waals surface area contributed by atoms with Crippen LogP contribution in [-0.4, -0.2) is 20.9 Å². The highest BCUT2D eigenvalue weighted by molar-refractivity contribution is 6.20. The van der Waals surface area contributed by atoms with E-state index in [-0.39, 0.29) is 5.82 Å². The van der Waals surface area contributed by atoms with E-state index in [1.54, 1.807) is 16.8 Å². The number of halogens is 2. The molecule has 0 aliphatic rings. The number of para-hydroxylation sites is 1. The van der Waals surface area contributed by atoms with Crippen LogP contribution in [-0.2, 0) is 0 Å². The van der Waals surface area contributed by atoms with Crippen LogP contribution in [0.25, 0.3) is 16.7 Å². The van der Waals surface area contributed by atoms with E-state index in [1.165, 1.54) is 12.1 Å². The number of hydrogen-bond donors (Lipinski definition) is 0. The Morgan fingerprint density at radius 1 is 1.14 bits per heavy atom. The quantitative estimate of drug-likeness (QED) is 0.682. The number of aromatic nitrogens is 3. The summed E-state index contributed by atoms with van der Waals surface area (Å²) in [5, 5.41) is 8.38. The summed E-state index contributed by atoms with van der Waals surface area (Å²) >= 11 is 6.00. The van der Waals surface area contributed by atoms with E-state index >= 15 is 0 Å². The lowest BCUT2D eigenvalue weighted by Crippen LogP contribution is -2.05. The van der Waals surface area contributed by atoms with Crippen LogP contribution in [0.5, 0.6) is 0 Å². The molecule has 2 aromatic carbocycles. The zero-order valence-electron chi connectivity index (χ0n) is 11.4. The highest BCUT2D eigenvalue weighted by Crippen LogP contribution is 2.25. The molecule has 0 amide bonds. The van der Waals surface area contributed by atoms with E-state index in [0.717, 1.165) is 27.9 Å². The summed E-state index contributed by atoms with van der Waals surface area (Å²) in [6.07, 6.45) is 0. The van der Waals surface area contributed by atoms with Crippen LogP contribution in [0.1, 0.15) is 12.5 Å². The average molecular weight is 302 g/mol. The number of nitrogens with zero attached hydrogens (tertiary/aromatic N) is 3. The molecule has 0 unspecified atom stereocenters. The summed E-state index contributed by atoms with van der Waals surface area (Å²) in [6.45, 7) is 1.93. The van der Waals surface area contributed by atoms with Crippen molar-refractivity contribution in [3.8, 4) is 0 Å². The Morgan fingerprint density at radius 3 is 2.57 bits per heavy atom. The number of benzene rings is 2. The molecule has 1 heterocycles. The monoisotopic (exact) mass is 301 g/mol. The minimum atomic E-state index is -0.273. The van der Waals surface area contributed by atoms with E-state index < -0.39 is 0 Å². The molecule has 0 fully saturated rings. The van der Waals surface area contributed by atoms with Crippen molar-refractivity contribution in [1.29, 1.82) is 0 Å². The molecule has 0 aliphatic carbocycles. The molecule has 3 nitrogen and oxygen atoms in total. The van der Waals surface area contributed by atoms with E-state index in [1.807, 2.05) is 31.2 Å². The van der Waals surface area contributed by atoms with Crippen LogP contribution < -0.4 is 0 Å². The van der Waals surface area contributed by atoms with Crippen LogP contribution in [0, 0.1) is 5.82 Å². The molecule has 0 saturated heterocycles. The SMILES string of the molecule is C/C(CCl)=C(\c1ccc(F)cc1)n1nnc2ccccc21. The molecule has 1 aromatic heterocycles. The van der Waals surface area contributed by atoms with Crippen molar-refractivity contribution < 1.29 is 4.39 Å². The van der Waals surface area contributed by atoms with Gasteiger partial charge in [-0.2, -0.15) is 0 Å². The largest absolute Gasteiger partial charge is 0.212 e. The van der Waals surface area contributed by atoms with E-state index in [2.05, 4.69) is 10.3 Å². The third-order valence-electron chi connectivity index (χ3n) is 3.29. The maximum atomic E-state index is 13.2. The van der Waals surface area contributed by atoms with E-state index in [9.17, 15) is 4.39 Å². The Labute approximate surface area is 126 Å². The number of hydrogen-bond acceptors (Lipinski definition) is 2. The second-order valence-electron chi connectivity index (χ2n) is 4.76. The first kappa shape index (κ1) is 13.8. The van der Waals surface area contributed by atoms with Gasteiger partial charge >= 0.3 is 0 Å². The summed E-state index contributed by atoms with van der Waals surface area (Å²) in [7, 11) is 0. The molecule has 0 N–H and O–H groups in total. The minimum absolute atomic E-state index is 0.273. The molecule has 5 heteroatoms. The van der Waals surface area contributed by atoms with Crippen LogP contribution >= 0.6 is 11.6 Å². The van der Waals surface area contributed by atoms with E-state index in [4.69, 9.17) is 11.6 Å². The van der Waals surface area contributed by atoms with Gasteiger partial charge in [-0.3, -0.25) is 0 Å². The number of allylic oxidation sites excluding steroid dienone is 1. The highest BCUT2D eigenvalue weighted by atomic mass is 35.5. The molecule has 0 saturated carbocycles. The molecule has 3 rings (SSSR count). The maximum absolute atomic E-state index is 13.2. The van der Waals surface area contributed by atoms with Gasteiger partial charge in [0.05, 0.1) is 11.2 Å². The summed E-state index contributed by atoms with van der Waals surface area (Å²) in [6, 6.07) is 14.0. The van der Waals surface area contributed by atoms with Crippen molar-refractivity contribution in [3.63, 3.8) is 0 Å². The molecule has 0 bridgehead atoms. The first-order chi connectivity index (χ1) is 10.2. The fourth-order valence-corrected chi connectivity index (χ4v) is 2.38. The standard InChI is InChI=1S/C16H13ClFN3/c1-11(10-17)16(12-6-8-13(18)9-7-12)21-15-5-3-2-4-14(15)19-20-21/h2-9H,10H2,1H3/b16-11-. The normalized spacial score (nSPS) is 12.5. The lowest BCUT2D eigenvalue weighted by atomic mass is 10.1. The fraction of sp³-hybridized carbons (Fsp3) is 0.125. The number of rotatable bonds is 3. The van der Waals surface area contributed by atoms with Gasteiger partial charge in [0.15, 0.2) is 0 Å². The predicted molar refractivity (Wildman–Crippen MR) is 82.6 cm³/mol. The van der Waals surface area contributed by atoms with Crippen LogP contribution in [0.2, 0.25) is 0 Å². The molecule has 0 atom stereocenters. The van der Waals surface area contributed by atoms with Crippen molar-refractivity contribution >= 4 is 28.3 Å². The Hall–Kier alpha value is -2.20. The Bertz CT molecular complexity index is 806. The summed E-state index contributed by atoms with van der Waals surface area (Å²) in [5.41, 5.74) is 4.32. The molecule has 106 valence electrons. The summed E-state index contributed by atoms with van der Waals surface area (Å²) in [4.78, 5) is 0. The molecule has 0 aliphatic heterocycles. The van der Waals surface area contributed by atoms with Gasteiger partial charge in [0.25, 0.3) is 0 Å². The molecule has 0 radical (unpaired) electrons. The minimum Gasteiger partial charge on any atom is -0.212 e.